The van der Waals surface area contributed by atoms with Gasteiger partial charge in [-0.15, -0.1) is 0 Å². The molecule has 5 nitrogen and oxygen atoms in total. The van der Waals surface area contributed by atoms with Crippen LogP contribution in [0.3, 0.4) is 0 Å². The molecule has 0 aliphatic carbocycles. The van der Waals surface area contributed by atoms with Gasteiger partial charge < -0.3 is 9.84 Å². The summed E-state index contributed by atoms with van der Waals surface area (Å²) in [4.78, 5) is 10.5. The van der Waals surface area contributed by atoms with Crippen molar-refractivity contribution >= 4 is 15.8 Å². The summed E-state index contributed by atoms with van der Waals surface area (Å²) in [5, 5.41) is 8.60. The number of hydrogen-bond donors (Lipinski definition) is 1. The lowest BCUT2D eigenvalue weighted by atomic mass is 10.0. The maximum Gasteiger partial charge on any atom is 0.303 e. The van der Waals surface area contributed by atoms with E-state index in [9.17, 15) is 13.2 Å². The van der Waals surface area contributed by atoms with Crippen molar-refractivity contribution in [1.82, 2.24) is 0 Å². The van der Waals surface area contributed by atoms with Crippen LogP contribution < -0.4 is 0 Å². The summed E-state index contributed by atoms with van der Waals surface area (Å²) in [6.07, 6.45) is 0.988. The molecule has 0 aromatic rings. The number of hydrogen-bond acceptors (Lipinski definition) is 4. The van der Waals surface area contributed by atoms with Gasteiger partial charge in [0.2, 0.25) is 0 Å². The summed E-state index contributed by atoms with van der Waals surface area (Å²) in [5.41, 5.74) is -0.938. The number of aliphatic carboxylic acids is 1. The molecular weight excluding hydrogens is 208 g/mol. The van der Waals surface area contributed by atoms with Crippen LogP contribution in [0.1, 0.15) is 19.3 Å². The summed E-state index contributed by atoms with van der Waals surface area (Å²) in [7, 11) is -1.95. The fraction of sp³-hybridized carbons (Fsp3) is 0.875. The van der Waals surface area contributed by atoms with Crippen molar-refractivity contribution in [3.63, 3.8) is 0 Å². The van der Waals surface area contributed by atoms with Crippen molar-refractivity contribution in [2.75, 3.05) is 12.9 Å². The molecule has 1 aliphatic heterocycles. The van der Waals surface area contributed by atoms with Crippen molar-refractivity contribution in [2.45, 2.75) is 24.7 Å². The Balaban J connectivity index is 2.79. The Hall–Kier alpha value is -0.620. The van der Waals surface area contributed by atoms with Crippen LogP contribution in [0.5, 0.6) is 0 Å². The Kier molecular flexibility index (Phi) is 3.49. The third kappa shape index (κ3) is 2.45. The minimum absolute atomic E-state index is 0.0988. The molecule has 1 aliphatic rings. The van der Waals surface area contributed by atoms with Gasteiger partial charge in [-0.3, -0.25) is 4.79 Å². The van der Waals surface area contributed by atoms with Crippen LogP contribution in [0, 0.1) is 5.92 Å². The first kappa shape index (κ1) is 11.5. The van der Waals surface area contributed by atoms with Gasteiger partial charge in [-0.1, -0.05) is 0 Å². The molecule has 1 saturated heterocycles. The van der Waals surface area contributed by atoms with E-state index in [0.29, 0.717) is 12.8 Å². The number of ether oxygens (including phenoxy) is 1. The zero-order valence-electron chi connectivity index (χ0n) is 7.97. The first-order valence-corrected chi connectivity index (χ1v) is 6.15. The molecule has 1 N–H and O–H groups in total. The number of sulfone groups is 1. The molecule has 82 valence electrons. The van der Waals surface area contributed by atoms with E-state index in [2.05, 4.69) is 0 Å². The average Bonchev–Trinajstić information content (AvgIpc) is 2.01. The van der Waals surface area contributed by atoms with E-state index in [1.165, 1.54) is 7.11 Å². The highest BCUT2D eigenvalue weighted by atomic mass is 32.2. The number of carboxylic acids is 1. The topological polar surface area (TPSA) is 80.7 Å². The van der Waals surface area contributed by atoms with Crippen molar-refractivity contribution < 1.29 is 23.1 Å². The molecule has 6 heteroatoms. The Morgan fingerprint density at radius 1 is 1.57 bits per heavy atom. The fourth-order valence-corrected chi connectivity index (χ4v) is 3.77. The van der Waals surface area contributed by atoms with E-state index in [1.807, 2.05) is 0 Å². The zero-order chi connectivity index (χ0) is 10.8. The van der Waals surface area contributed by atoms with E-state index in [4.69, 9.17) is 9.84 Å². The number of carboxylic acid groups (broad SMARTS) is 1. The third-order valence-electron chi connectivity index (χ3n) is 2.41. The van der Waals surface area contributed by atoms with Crippen LogP contribution in [0.4, 0.5) is 0 Å². The predicted molar refractivity (Wildman–Crippen MR) is 49.6 cm³/mol. The largest absolute Gasteiger partial charge is 0.481 e. The Morgan fingerprint density at radius 2 is 2.21 bits per heavy atom. The zero-order valence-corrected chi connectivity index (χ0v) is 8.79. The molecule has 2 atom stereocenters. The first-order valence-electron chi connectivity index (χ1n) is 4.43. The maximum atomic E-state index is 11.5. The van der Waals surface area contributed by atoms with Crippen LogP contribution in [0.25, 0.3) is 0 Å². The van der Waals surface area contributed by atoms with Crippen LogP contribution in [-0.2, 0) is 19.4 Å². The number of methoxy groups -OCH3 is 1. The lowest BCUT2D eigenvalue weighted by Gasteiger charge is -2.28. The molecule has 14 heavy (non-hydrogen) atoms. The summed E-state index contributed by atoms with van der Waals surface area (Å²) in [6, 6.07) is 0. The normalized spacial score (nSPS) is 31.2. The van der Waals surface area contributed by atoms with E-state index in [1.54, 1.807) is 0 Å². The van der Waals surface area contributed by atoms with Gasteiger partial charge in [-0.2, -0.15) is 0 Å². The second kappa shape index (κ2) is 4.27. The van der Waals surface area contributed by atoms with Gasteiger partial charge in [0.25, 0.3) is 0 Å². The quantitative estimate of drug-likeness (QED) is 0.740. The Labute approximate surface area is 83.0 Å². The van der Waals surface area contributed by atoms with Gasteiger partial charge in [0.05, 0.1) is 12.2 Å². The van der Waals surface area contributed by atoms with Gasteiger partial charge in [-0.25, -0.2) is 8.42 Å². The minimum atomic E-state index is -3.25. The lowest BCUT2D eigenvalue weighted by Crippen LogP contribution is -2.38. The summed E-state index contributed by atoms with van der Waals surface area (Å²) >= 11 is 0. The molecule has 2 unspecified atom stereocenters. The predicted octanol–water partition coefficient (Wildman–Crippen LogP) is 0.258. The van der Waals surface area contributed by atoms with Gasteiger partial charge >= 0.3 is 5.97 Å². The molecule has 0 amide bonds. The minimum Gasteiger partial charge on any atom is -0.481 e. The van der Waals surface area contributed by atoms with Gasteiger partial charge in [0.15, 0.2) is 15.3 Å². The number of carbonyl (C=O) groups is 1. The average molecular weight is 222 g/mol. The second-order valence-corrected chi connectivity index (χ2v) is 5.67. The van der Waals surface area contributed by atoms with Gasteiger partial charge in [0.1, 0.15) is 0 Å². The molecule has 0 radical (unpaired) electrons. The molecule has 0 aromatic carbocycles. The van der Waals surface area contributed by atoms with Crippen molar-refractivity contribution in [1.29, 1.82) is 0 Å². The van der Waals surface area contributed by atoms with Crippen LogP contribution in [0.15, 0.2) is 0 Å². The van der Waals surface area contributed by atoms with Crippen molar-refractivity contribution in [3.8, 4) is 0 Å². The molecule has 1 heterocycles. The summed E-state index contributed by atoms with van der Waals surface area (Å²) in [5.74, 6) is -1.29. The molecule has 0 spiro atoms. The second-order valence-electron chi connectivity index (χ2n) is 3.47. The van der Waals surface area contributed by atoms with Crippen molar-refractivity contribution in [2.24, 2.45) is 5.92 Å². The molecule has 0 aromatic heterocycles. The highest BCUT2D eigenvalue weighted by Gasteiger charge is 2.38. The first-order chi connectivity index (χ1) is 6.47. The van der Waals surface area contributed by atoms with Crippen molar-refractivity contribution in [3.05, 3.63) is 0 Å². The van der Waals surface area contributed by atoms with Crippen LogP contribution in [0.2, 0.25) is 0 Å². The third-order valence-corrected chi connectivity index (χ3v) is 4.55. The number of rotatable bonds is 3. The van der Waals surface area contributed by atoms with E-state index in [-0.39, 0.29) is 12.2 Å². The fourth-order valence-electron chi connectivity index (χ4n) is 1.85. The Morgan fingerprint density at radius 3 is 2.71 bits per heavy atom. The van der Waals surface area contributed by atoms with E-state index < -0.39 is 27.2 Å². The van der Waals surface area contributed by atoms with Crippen LogP contribution >= 0.6 is 0 Å². The standard InChI is InChI=1S/C8H14O5S/c1-13-8-6(5-7(9)10)3-2-4-14(8,11)12/h6,8H,2-5H2,1H3,(H,9,10). The monoisotopic (exact) mass is 222 g/mol. The molecule has 1 fully saturated rings. The lowest BCUT2D eigenvalue weighted by molar-refractivity contribution is -0.138. The molecule has 0 bridgehead atoms. The van der Waals surface area contributed by atoms with Crippen LogP contribution in [-0.4, -0.2) is 37.8 Å². The SMILES string of the molecule is COC1C(CC(=O)O)CCCS1(=O)=O. The van der Waals surface area contributed by atoms with E-state index >= 15 is 0 Å². The molecular formula is C8H14O5S. The Bertz CT molecular complexity index is 308. The highest BCUT2D eigenvalue weighted by Crippen LogP contribution is 2.28. The summed E-state index contributed by atoms with van der Waals surface area (Å²) < 4.78 is 27.8. The van der Waals surface area contributed by atoms with Gasteiger partial charge in [0, 0.05) is 13.0 Å². The van der Waals surface area contributed by atoms with E-state index in [0.717, 1.165) is 0 Å². The molecule has 0 saturated carbocycles. The molecule has 1 rings (SSSR count). The van der Waals surface area contributed by atoms with Gasteiger partial charge in [-0.05, 0) is 12.8 Å². The smallest absolute Gasteiger partial charge is 0.303 e. The summed E-state index contributed by atoms with van der Waals surface area (Å²) in [6.45, 7) is 0. The maximum absolute atomic E-state index is 11.5. The highest BCUT2D eigenvalue weighted by molar-refractivity contribution is 7.91.